The molecule has 2 aromatic rings. The van der Waals surface area contributed by atoms with Gasteiger partial charge in [0.2, 0.25) is 0 Å². The largest absolute Gasteiger partial charge is 0.302 e. The van der Waals surface area contributed by atoms with Gasteiger partial charge in [-0.25, -0.2) is 13.8 Å². The second-order valence-electron chi connectivity index (χ2n) is 4.64. The predicted octanol–water partition coefficient (Wildman–Crippen LogP) is 4.14. The summed E-state index contributed by atoms with van der Waals surface area (Å²) < 4.78 is 26.3. The minimum Gasteiger partial charge on any atom is -0.302 e. The van der Waals surface area contributed by atoms with Crippen molar-refractivity contribution >= 4 is 11.3 Å². The van der Waals surface area contributed by atoms with Gasteiger partial charge in [0, 0.05) is 23.2 Å². The lowest BCUT2D eigenvalue weighted by Crippen LogP contribution is -2.22. The smallest absolute Gasteiger partial charge is 0.126 e. The number of halogens is 2. The van der Waals surface area contributed by atoms with Crippen LogP contribution in [0.4, 0.5) is 8.78 Å². The molecule has 19 heavy (non-hydrogen) atoms. The predicted molar refractivity (Wildman–Crippen MR) is 73.2 cm³/mol. The number of benzene rings is 1. The van der Waals surface area contributed by atoms with E-state index in [0.717, 1.165) is 16.8 Å². The van der Waals surface area contributed by atoms with E-state index in [1.807, 2.05) is 26.2 Å². The molecule has 2 nitrogen and oxygen atoms in total. The molecule has 0 spiro atoms. The van der Waals surface area contributed by atoms with Crippen molar-refractivity contribution in [2.45, 2.75) is 32.9 Å². The van der Waals surface area contributed by atoms with Gasteiger partial charge in [-0.05, 0) is 38.5 Å². The SMILES string of the molecule is Cc1csc(C(C)NC(C)c2cc(F)cc(F)c2)n1. The summed E-state index contributed by atoms with van der Waals surface area (Å²) in [7, 11) is 0. The summed E-state index contributed by atoms with van der Waals surface area (Å²) in [6.07, 6.45) is 0. The fourth-order valence-corrected chi connectivity index (χ4v) is 2.75. The van der Waals surface area contributed by atoms with Crippen molar-refractivity contribution in [1.82, 2.24) is 10.3 Å². The molecule has 2 rings (SSSR count). The Bertz CT molecular complexity index is 548. The number of hydrogen-bond acceptors (Lipinski definition) is 3. The fraction of sp³-hybridized carbons (Fsp3) is 0.357. The average molecular weight is 282 g/mol. The highest BCUT2D eigenvalue weighted by molar-refractivity contribution is 7.09. The van der Waals surface area contributed by atoms with E-state index >= 15 is 0 Å². The quantitative estimate of drug-likeness (QED) is 0.911. The summed E-state index contributed by atoms with van der Waals surface area (Å²) in [6, 6.07) is 3.47. The minimum atomic E-state index is -0.554. The summed E-state index contributed by atoms with van der Waals surface area (Å²) in [4.78, 5) is 4.40. The Labute approximate surface area is 115 Å². The van der Waals surface area contributed by atoms with Crippen molar-refractivity contribution in [3.05, 3.63) is 51.5 Å². The molecule has 0 aliphatic carbocycles. The third kappa shape index (κ3) is 3.58. The van der Waals surface area contributed by atoms with Crippen molar-refractivity contribution in [3.63, 3.8) is 0 Å². The van der Waals surface area contributed by atoms with Gasteiger partial charge in [0.25, 0.3) is 0 Å². The molecule has 0 aliphatic heterocycles. The van der Waals surface area contributed by atoms with Crippen LogP contribution in [0.2, 0.25) is 0 Å². The molecule has 0 radical (unpaired) electrons. The van der Waals surface area contributed by atoms with Crippen molar-refractivity contribution in [1.29, 1.82) is 0 Å². The summed E-state index contributed by atoms with van der Waals surface area (Å²) in [5.41, 5.74) is 1.58. The van der Waals surface area contributed by atoms with E-state index in [1.165, 1.54) is 12.1 Å². The topological polar surface area (TPSA) is 24.9 Å². The van der Waals surface area contributed by atoms with Crippen molar-refractivity contribution in [2.75, 3.05) is 0 Å². The van der Waals surface area contributed by atoms with E-state index in [1.54, 1.807) is 11.3 Å². The zero-order valence-electron chi connectivity index (χ0n) is 11.1. The molecular formula is C14H16F2N2S. The van der Waals surface area contributed by atoms with Crippen LogP contribution in [-0.4, -0.2) is 4.98 Å². The molecule has 1 heterocycles. The van der Waals surface area contributed by atoms with Gasteiger partial charge < -0.3 is 5.32 Å². The molecule has 5 heteroatoms. The first-order chi connectivity index (χ1) is 8.95. The van der Waals surface area contributed by atoms with E-state index in [0.29, 0.717) is 5.56 Å². The number of hydrogen-bond donors (Lipinski definition) is 1. The van der Waals surface area contributed by atoms with Crippen LogP contribution in [0, 0.1) is 18.6 Å². The maximum atomic E-state index is 13.2. The number of aryl methyl sites for hydroxylation is 1. The Morgan fingerprint density at radius 1 is 1.11 bits per heavy atom. The minimum absolute atomic E-state index is 0.0417. The Morgan fingerprint density at radius 2 is 1.74 bits per heavy atom. The van der Waals surface area contributed by atoms with Crippen LogP contribution in [0.5, 0.6) is 0 Å². The molecular weight excluding hydrogens is 266 g/mol. The Morgan fingerprint density at radius 3 is 2.26 bits per heavy atom. The average Bonchev–Trinajstić information content (AvgIpc) is 2.74. The number of thiazole rings is 1. The molecule has 0 saturated heterocycles. The zero-order valence-corrected chi connectivity index (χ0v) is 11.9. The first-order valence-corrected chi connectivity index (χ1v) is 6.97. The summed E-state index contributed by atoms with van der Waals surface area (Å²) in [5, 5.41) is 6.25. The van der Waals surface area contributed by atoms with Crippen LogP contribution in [0.1, 0.15) is 42.2 Å². The van der Waals surface area contributed by atoms with E-state index < -0.39 is 11.6 Å². The van der Waals surface area contributed by atoms with Gasteiger partial charge in [-0.3, -0.25) is 0 Å². The summed E-state index contributed by atoms with van der Waals surface area (Å²) in [5.74, 6) is -1.11. The Balaban J connectivity index is 2.10. The second-order valence-corrected chi connectivity index (χ2v) is 5.53. The standard InChI is InChI=1S/C14H16F2N2S/c1-8-7-19-14(17-8)10(3)18-9(2)11-4-12(15)6-13(16)5-11/h4-7,9-10,18H,1-3H3. The van der Waals surface area contributed by atoms with Gasteiger partial charge in [-0.2, -0.15) is 0 Å². The molecule has 0 aliphatic rings. The Hall–Kier alpha value is -1.33. The lowest BCUT2D eigenvalue weighted by Gasteiger charge is -2.19. The molecule has 1 aromatic carbocycles. The van der Waals surface area contributed by atoms with Crippen LogP contribution in [0.25, 0.3) is 0 Å². The van der Waals surface area contributed by atoms with Gasteiger partial charge in [0.05, 0.1) is 6.04 Å². The van der Waals surface area contributed by atoms with Crippen LogP contribution in [0.3, 0.4) is 0 Å². The van der Waals surface area contributed by atoms with Crippen LogP contribution in [-0.2, 0) is 0 Å². The van der Waals surface area contributed by atoms with Gasteiger partial charge in [0.15, 0.2) is 0 Å². The van der Waals surface area contributed by atoms with Crippen molar-refractivity contribution in [3.8, 4) is 0 Å². The molecule has 0 bridgehead atoms. The lowest BCUT2D eigenvalue weighted by atomic mass is 10.1. The van der Waals surface area contributed by atoms with Crippen LogP contribution in [0.15, 0.2) is 23.6 Å². The van der Waals surface area contributed by atoms with Gasteiger partial charge in [0.1, 0.15) is 16.6 Å². The fourth-order valence-electron chi connectivity index (χ4n) is 1.94. The van der Waals surface area contributed by atoms with Crippen molar-refractivity contribution < 1.29 is 8.78 Å². The molecule has 2 atom stereocenters. The number of nitrogens with zero attached hydrogens (tertiary/aromatic N) is 1. The molecule has 0 saturated carbocycles. The number of rotatable bonds is 4. The molecule has 0 amide bonds. The Kier molecular flexibility index (Phi) is 4.27. The highest BCUT2D eigenvalue weighted by atomic mass is 32.1. The van der Waals surface area contributed by atoms with Crippen molar-refractivity contribution in [2.24, 2.45) is 0 Å². The van der Waals surface area contributed by atoms with E-state index in [4.69, 9.17) is 0 Å². The lowest BCUT2D eigenvalue weighted by molar-refractivity contribution is 0.485. The second kappa shape index (κ2) is 5.75. The first kappa shape index (κ1) is 14.1. The highest BCUT2D eigenvalue weighted by Crippen LogP contribution is 2.23. The van der Waals surface area contributed by atoms with Gasteiger partial charge >= 0.3 is 0 Å². The summed E-state index contributed by atoms with van der Waals surface area (Å²) >= 11 is 1.58. The maximum absolute atomic E-state index is 13.2. The zero-order chi connectivity index (χ0) is 14.0. The van der Waals surface area contributed by atoms with E-state index in [9.17, 15) is 8.78 Å². The third-order valence-corrected chi connectivity index (χ3v) is 4.04. The molecule has 1 aromatic heterocycles. The van der Waals surface area contributed by atoms with E-state index in [-0.39, 0.29) is 12.1 Å². The highest BCUT2D eigenvalue weighted by Gasteiger charge is 2.15. The number of aromatic nitrogens is 1. The summed E-state index contributed by atoms with van der Waals surface area (Å²) in [6.45, 7) is 5.81. The number of nitrogens with one attached hydrogen (secondary N) is 1. The molecule has 0 fully saturated rings. The monoisotopic (exact) mass is 282 g/mol. The molecule has 1 N–H and O–H groups in total. The normalized spacial score (nSPS) is 14.4. The van der Waals surface area contributed by atoms with E-state index in [2.05, 4.69) is 10.3 Å². The molecule has 102 valence electrons. The molecule has 2 unspecified atom stereocenters. The first-order valence-electron chi connectivity index (χ1n) is 6.10. The third-order valence-electron chi connectivity index (χ3n) is 2.89. The van der Waals surface area contributed by atoms with Gasteiger partial charge in [-0.15, -0.1) is 11.3 Å². The van der Waals surface area contributed by atoms with Gasteiger partial charge in [-0.1, -0.05) is 0 Å². The van der Waals surface area contributed by atoms with Crippen LogP contribution < -0.4 is 5.32 Å². The maximum Gasteiger partial charge on any atom is 0.126 e. The van der Waals surface area contributed by atoms with Crippen LogP contribution >= 0.6 is 11.3 Å².